The molecule has 2 rings (SSSR count). The maximum atomic E-state index is 5.89. The molecule has 1 unspecified atom stereocenters. The number of hydrogen-bond donors (Lipinski definition) is 1. The normalized spacial score (nSPS) is 20.8. The lowest BCUT2D eigenvalue weighted by Crippen LogP contribution is -2.33. The lowest BCUT2D eigenvalue weighted by molar-refractivity contribution is 0.0270. The van der Waals surface area contributed by atoms with Crippen molar-refractivity contribution in [2.24, 2.45) is 0 Å². The lowest BCUT2D eigenvalue weighted by atomic mass is 9.91. The van der Waals surface area contributed by atoms with Crippen LogP contribution in [0.1, 0.15) is 49.5 Å². The summed E-state index contributed by atoms with van der Waals surface area (Å²) in [5, 5.41) is 3.41. The van der Waals surface area contributed by atoms with Crippen molar-refractivity contribution >= 4 is 0 Å². The van der Waals surface area contributed by atoms with Crippen LogP contribution in [0.5, 0.6) is 0 Å². The average Bonchev–Trinajstić information content (AvgIpc) is 2.39. The van der Waals surface area contributed by atoms with Crippen LogP contribution in [-0.2, 0) is 11.2 Å². The molecule has 1 fully saturated rings. The third kappa shape index (κ3) is 2.88. The number of morpholine rings is 1. The SMILES string of the molecule is CCc1ccc(C(C)C)c(C2CNCCO2)c1. The molecule has 1 aliphatic rings. The van der Waals surface area contributed by atoms with Crippen molar-refractivity contribution in [1.29, 1.82) is 0 Å². The van der Waals surface area contributed by atoms with Crippen molar-refractivity contribution in [2.45, 2.75) is 39.2 Å². The summed E-state index contributed by atoms with van der Waals surface area (Å²) in [6, 6.07) is 6.85. The molecular formula is C15H23NO. The Hall–Kier alpha value is -0.860. The van der Waals surface area contributed by atoms with E-state index >= 15 is 0 Å². The van der Waals surface area contributed by atoms with E-state index in [1.54, 1.807) is 0 Å². The zero-order chi connectivity index (χ0) is 12.3. The van der Waals surface area contributed by atoms with Crippen molar-refractivity contribution < 1.29 is 4.74 Å². The predicted molar refractivity (Wildman–Crippen MR) is 71.5 cm³/mol. The molecule has 1 N–H and O–H groups in total. The molecule has 0 bridgehead atoms. The summed E-state index contributed by atoms with van der Waals surface area (Å²) in [5.74, 6) is 0.557. The van der Waals surface area contributed by atoms with E-state index in [-0.39, 0.29) is 6.10 Å². The Bertz CT molecular complexity index is 367. The van der Waals surface area contributed by atoms with Gasteiger partial charge in [0.15, 0.2) is 0 Å². The number of nitrogens with one attached hydrogen (secondary N) is 1. The highest BCUT2D eigenvalue weighted by molar-refractivity contribution is 5.36. The summed E-state index contributed by atoms with van der Waals surface area (Å²) in [5.41, 5.74) is 4.21. The smallest absolute Gasteiger partial charge is 0.0952 e. The Morgan fingerprint density at radius 3 is 2.82 bits per heavy atom. The molecule has 1 aromatic rings. The van der Waals surface area contributed by atoms with E-state index in [1.807, 2.05) is 0 Å². The van der Waals surface area contributed by atoms with Crippen LogP contribution < -0.4 is 5.32 Å². The molecule has 2 heteroatoms. The van der Waals surface area contributed by atoms with Gasteiger partial charge in [0, 0.05) is 13.1 Å². The highest BCUT2D eigenvalue weighted by Crippen LogP contribution is 2.29. The van der Waals surface area contributed by atoms with Gasteiger partial charge in [0.1, 0.15) is 0 Å². The summed E-state index contributed by atoms with van der Waals surface area (Å²) in [7, 11) is 0. The largest absolute Gasteiger partial charge is 0.371 e. The van der Waals surface area contributed by atoms with E-state index in [0.717, 1.165) is 26.1 Å². The zero-order valence-electron chi connectivity index (χ0n) is 11.1. The first-order valence-corrected chi connectivity index (χ1v) is 6.67. The summed E-state index contributed by atoms with van der Waals surface area (Å²) in [6.07, 6.45) is 1.32. The van der Waals surface area contributed by atoms with E-state index in [2.05, 4.69) is 44.3 Å². The quantitative estimate of drug-likeness (QED) is 0.866. The van der Waals surface area contributed by atoms with E-state index in [1.165, 1.54) is 16.7 Å². The number of ether oxygens (including phenoxy) is 1. The Kier molecular flexibility index (Phi) is 4.19. The Balaban J connectivity index is 2.33. The molecule has 0 amide bonds. The first-order valence-electron chi connectivity index (χ1n) is 6.67. The van der Waals surface area contributed by atoms with E-state index in [4.69, 9.17) is 4.74 Å². The number of benzene rings is 1. The molecule has 2 nitrogen and oxygen atoms in total. The van der Waals surface area contributed by atoms with Gasteiger partial charge in [-0.2, -0.15) is 0 Å². The summed E-state index contributed by atoms with van der Waals surface area (Å²) < 4.78 is 5.89. The first-order chi connectivity index (χ1) is 8.22. The van der Waals surface area contributed by atoms with Gasteiger partial charge < -0.3 is 10.1 Å². The second-order valence-electron chi connectivity index (χ2n) is 5.04. The topological polar surface area (TPSA) is 21.3 Å². The van der Waals surface area contributed by atoms with Crippen LogP contribution >= 0.6 is 0 Å². The Morgan fingerprint density at radius 1 is 1.41 bits per heavy atom. The monoisotopic (exact) mass is 233 g/mol. The fourth-order valence-electron chi connectivity index (χ4n) is 2.41. The molecule has 0 spiro atoms. The summed E-state index contributed by atoms with van der Waals surface area (Å²) in [6.45, 7) is 9.43. The van der Waals surface area contributed by atoms with Crippen molar-refractivity contribution in [3.63, 3.8) is 0 Å². The zero-order valence-corrected chi connectivity index (χ0v) is 11.1. The highest BCUT2D eigenvalue weighted by Gasteiger charge is 2.20. The third-order valence-corrected chi connectivity index (χ3v) is 3.46. The molecule has 1 atom stereocenters. The van der Waals surface area contributed by atoms with Gasteiger partial charge in [0.2, 0.25) is 0 Å². The van der Waals surface area contributed by atoms with Gasteiger partial charge in [-0.1, -0.05) is 39.0 Å². The first kappa shape index (κ1) is 12.6. The molecule has 17 heavy (non-hydrogen) atoms. The molecule has 1 aliphatic heterocycles. The Morgan fingerprint density at radius 2 is 2.24 bits per heavy atom. The van der Waals surface area contributed by atoms with Gasteiger partial charge in [0.25, 0.3) is 0 Å². The molecule has 0 aliphatic carbocycles. The van der Waals surface area contributed by atoms with E-state index in [0.29, 0.717) is 5.92 Å². The van der Waals surface area contributed by atoms with Crippen LogP contribution in [0.2, 0.25) is 0 Å². The minimum atomic E-state index is 0.229. The molecular weight excluding hydrogens is 210 g/mol. The summed E-state index contributed by atoms with van der Waals surface area (Å²) >= 11 is 0. The van der Waals surface area contributed by atoms with Gasteiger partial charge in [-0.3, -0.25) is 0 Å². The van der Waals surface area contributed by atoms with Gasteiger partial charge >= 0.3 is 0 Å². The van der Waals surface area contributed by atoms with Crippen LogP contribution in [0.3, 0.4) is 0 Å². The van der Waals surface area contributed by atoms with Crippen LogP contribution in [0.4, 0.5) is 0 Å². The maximum absolute atomic E-state index is 5.89. The number of hydrogen-bond acceptors (Lipinski definition) is 2. The molecule has 0 radical (unpaired) electrons. The second-order valence-corrected chi connectivity index (χ2v) is 5.04. The van der Waals surface area contributed by atoms with Crippen molar-refractivity contribution in [3.8, 4) is 0 Å². The second kappa shape index (κ2) is 5.65. The highest BCUT2D eigenvalue weighted by atomic mass is 16.5. The van der Waals surface area contributed by atoms with Gasteiger partial charge in [0.05, 0.1) is 12.7 Å². The molecule has 1 aromatic carbocycles. The van der Waals surface area contributed by atoms with Crippen LogP contribution in [0.15, 0.2) is 18.2 Å². The summed E-state index contributed by atoms with van der Waals surface area (Å²) in [4.78, 5) is 0. The number of aryl methyl sites for hydroxylation is 1. The minimum Gasteiger partial charge on any atom is -0.371 e. The van der Waals surface area contributed by atoms with E-state index < -0.39 is 0 Å². The van der Waals surface area contributed by atoms with Gasteiger partial charge in [-0.15, -0.1) is 0 Å². The fraction of sp³-hybridized carbons (Fsp3) is 0.600. The molecule has 1 heterocycles. The maximum Gasteiger partial charge on any atom is 0.0952 e. The standard InChI is InChI=1S/C15H23NO/c1-4-12-5-6-13(11(2)3)14(9-12)15-10-16-7-8-17-15/h5-6,9,11,15-16H,4,7-8,10H2,1-3H3. The van der Waals surface area contributed by atoms with Gasteiger partial charge in [-0.25, -0.2) is 0 Å². The fourth-order valence-corrected chi connectivity index (χ4v) is 2.41. The predicted octanol–water partition coefficient (Wildman–Crippen LogP) is 3.03. The van der Waals surface area contributed by atoms with Gasteiger partial charge in [-0.05, 0) is 29.0 Å². The molecule has 1 saturated heterocycles. The lowest BCUT2D eigenvalue weighted by Gasteiger charge is -2.27. The molecule has 0 aromatic heterocycles. The third-order valence-electron chi connectivity index (χ3n) is 3.46. The van der Waals surface area contributed by atoms with Crippen molar-refractivity contribution in [3.05, 3.63) is 34.9 Å². The van der Waals surface area contributed by atoms with Crippen LogP contribution in [-0.4, -0.2) is 19.7 Å². The van der Waals surface area contributed by atoms with Crippen LogP contribution in [0, 0.1) is 0 Å². The molecule has 94 valence electrons. The van der Waals surface area contributed by atoms with E-state index in [9.17, 15) is 0 Å². The number of rotatable bonds is 3. The average molecular weight is 233 g/mol. The van der Waals surface area contributed by atoms with Crippen LogP contribution in [0.25, 0.3) is 0 Å². The Labute approximate surface area is 104 Å². The molecule has 0 saturated carbocycles. The van der Waals surface area contributed by atoms with Crippen molar-refractivity contribution in [2.75, 3.05) is 19.7 Å². The minimum absolute atomic E-state index is 0.229. The van der Waals surface area contributed by atoms with Crippen molar-refractivity contribution in [1.82, 2.24) is 5.32 Å².